The first-order valence-corrected chi connectivity index (χ1v) is 16.0. The molecule has 1 aliphatic rings. The lowest BCUT2D eigenvalue weighted by atomic mass is 9.95. The first-order chi connectivity index (χ1) is 22.0. The van der Waals surface area contributed by atoms with E-state index >= 15 is 0 Å². The van der Waals surface area contributed by atoms with Crippen molar-refractivity contribution >= 4 is 46.6 Å². The number of carbonyl (C=O) groups excluding carboxylic acids is 1. The summed E-state index contributed by atoms with van der Waals surface area (Å²) in [5.74, 6) is 0.197. The van der Waals surface area contributed by atoms with E-state index in [1.807, 2.05) is 13.8 Å². The number of ether oxygens (including phenoxy) is 4. The van der Waals surface area contributed by atoms with Crippen molar-refractivity contribution in [1.29, 1.82) is 0 Å². The van der Waals surface area contributed by atoms with Crippen molar-refractivity contribution < 1.29 is 28.1 Å². The van der Waals surface area contributed by atoms with E-state index in [2.05, 4.69) is 4.99 Å². The van der Waals surface area contributed by atoms with Crippen LogP contribution in [-0.2, 0) is 16.1 Å². The Morgan fingerprint density at radius 2 is 1.83 bits per heavy atom. The van der Waals surface area contributed by atoms with Crippen LogP contribution in [0.3, 0.4) is 0 Å². The lowest BCUT2D eigenvalue weighted by Gasteiger charge is -2.25. The molecule has 0 spiro atoms. The van der Waals surface area contributed by atoms with Crippen LogP contribution < -0.4 is 29.1 Å². The normalized spacial score (nSPS) is 14.6. The standard InChI is InChI=1S/C34H31Cl2FN2O6S/c1-6-43-33(41)29-19(4)38-34-39(30(29)21-11-12-26(45-18(2)3)27(16-21)42-5)32(40)28(46-34)15-20-13-23(35)31(24(36)14-20)44-17-22-9-7-8-10-25(22)37/h7-16,18,30H,6,17H2,1-5H3/b28-15-/t30-/m1/s1. The first-order valence-electron chi connectivity index (χ1n) is 14.4. The number of nitrogens with zero attached hydrogens (tertiary/aromatic N) is 2. The van der Waals surface area contributed by atoms with Gasteiger partial charge in [0, 0.05) is 5.56 Å². The third kappa shape index (κ3) is 6.84. The molecule has 2 heterocycles. The molecule has 3 aromatic carbocycles. The van der Waals surface area contributed by atoms with Crippen LogP contribution in [0.15, 0.2) is 75.7 Å². The maximum Gasteiger partial charge on any atom is 0.338 e. The quantitative estimate of drug-likeness (QED) is 0.175. The Bertz CT molecular complexity index is 2000. The second-order valence-corrected chi connectivity index (χ2v) is 12.4. The Kier molecular flexibility index (Phi) is 10.2. The van der Waals surface area contributed by atoms with Crippen molar-refractivity contribution in [1.82, 2.24) is 4.57 Å². The molecule has 1 atom stereocenters. The van der Waals surface area contributed by atoms with E-state index in [9.17, 15) is 14.0 Å². The fraction of sp³-hybridized carbons (Fsp3) is 0.265. The highest BCUT2D eigenvalue weighted by molar-refractivity contribution is 7.07. The number of benzene rings is 3. The number of thiazole rings is 1. The molecule has 1 aromatic heterocycles. The monoisotopic (exact) mass is 684 g/mol. The van der Waals surface area contributed by atoms with E-state index < -0.39 is 17.8 Å². The molecule has 5 rings (SSSR count). The summed E-state index contributed by atoms with van der Waals surface area (Å²) in [4.78, 5) is 32.3. The summed E-state index contributed by atoms with van der Waals surface area (Å²) in [6.45, 7) is 7.32. The maximum absolute atomic E-state index is 14.1. The average molecular weight is 686 g/mol. The highest BCUT2D eigenvalue weighted by atomic mass is 35.5. The van der Waals surface area contributed by atoms with Crippen molar-refractivity contribution in [3.63, 3.8) is 0 Å². The summed E-state index contributed by atoms with van der Waals surface area (Å²) in [5, 5.41) is 0.383. The smallest absolute Gasteiger partial charge is 0.338 e. The average Bonchev–Trinajstić information content (AvgIpc) is 3.30. The zero-order chi connectivity index (χ0) is 33.1. The minimum absolute atomic E-state index is 0.0679. The van der Waals surface area contributed by atoms with Crippen LogP contribution >= 0.6 is 34.5 Å². The molecule has 0 amide bonds. The SMILES string of the molecule is CCOC(=O)C1=C(C)N=c2s/c(=C\c3cc(Cl)c(OCc4ccccc4F)c(Cl)c3)c(=O)n2[C@@H]1c1ccc(OC(C)C)c(OC)c1. The predicted molar refractivity (Wildman–Crippen MR) is 176 cm³/mol. The Hall–Kier alpha value is -4.12. The number of hydrogen-bond acceptors (Lipinski definition) is 8. The van der Waals surface area contributed by atoms with Crippen LogP contribution in [0.2, 0.25) is 10.0 Å². The molecule has 0 bridgehead atoms. The lowest BCUT2D eigenvalue weighted by molar-refractivity contribution is -0.139. The Balaban J connectivity index is 1.58. The summed E-state index contributed by atoms with van der Waals surface area (Å²) in [5.41, 5.74) is 1.79. The topological polar surface area (TPSA) is 88.4 Å². The summed E-state index contributed by atoms with van der Waals surface area (Å²) < 4.78 is 38.5. The molecule has 1 aliphatic heterocycles. The van der Waals surface area contributed by atoms with Gasteiger partial charge in [0.2, 0.25) is 0 Å². The molecule has 0 radical (unpaired) electrons. The molecule has 240 valence electrons. The number of hydrogen-bond donors (Lipinski definition) is 0. The van der Waals surface area contributed by atoms with Gasteiger partial charge in [-0.15, -0.1) is 0 Å². The number of methoxy groups -OCH3 is 1. The molecule has 0 saturated carbocycles. The molecular formula is C34H31Cl2FN2O6S. The predicted octanol–water partition coefficient (Wildman–Crippen LogP) is 6.62. The molecule has 12 heteroatoms. The van der Waals surface area contributed by atoms with Crippen LogP contribution in [-0.4, -0.2) is 30.4 Å². The van der Waals surface area contributed by atoms with Crippen LogP contribution in [0.25, 0.3) is 6.08 Å². The third-order valence-corrected chi connectivity index (χ3v) is 8.58. The third-order valence-electron chi connectivity index (χ3n) is 7.03. The molecule has 4 aromatic rings. The van der Waals surface area contributed by atoms with E-state index in [-0.39, 0.29) is 46.2 Å². The van der Waals surface area contributed by atoms with Crippen LogP contribution in [0, 0.1) is 5.82 Å². The van der Waals surface area contributed by atoms with Crippen molar-refractivity contribution in [3.05, 3.63) is 118 Å². The summed E-state index contributed by atoms with van der Waals surface area (Å²) >= 11 is 14.2. The van der Waals surface area contributed by atoms with Crippen LogP contribution in [0.4, 0.5) is 4.39 Å². The second kappa shape index (κ2) is 14.1. The summed E-state index contributed by atoms with van der Waals surface area (Å²) in [7, 11) is 1.53. The lowest BCUT2D eigenvalue weighted by Crippen LogP contribution is -2.40. The van der Waals surface area contributed by atoms with Gasteiger partial charge in [-0.2, -0.15) is 0 Å². The van der Waals surface area contributed by atoms with Crippen molar-refractivity contribution in [2.24, 2.45) is 4.99 Å². The van der Waals surface area contributed by atoms with E-state index in [1.54, 1.807) is 68.5 Å². The van der Waals surface area contributed by atoms with Crippen molar-refractivity contribution in [2.75, 3.05) is 13.7 Å². The largest absolute Gasteiger partial charge is 0.493 e. The van der Waals surface area contributed by atoms with Gasteiger partial charge in [-0.05, 0) is 75.2 Å². The van der Waals surface area contributed by atoms with Crippen molar-refractivity contribution in [2.45, 2.75) is 46.4 Å². The van der Waals surface area contributed by atoms with Gasteiger partial charge in [0.15, 0.2) is 22.0 Å². The Labute approximate surface area is 278 Å². The molecule has 0 fully saturated rings. The summed E-state index contributed by atoms with van der Waals surface area (Å²) in [6.07, 6.45) is 1.55. The van der Waals surface area contributed by atoms with Crippen LogP contribution in [0.1, 0.15) is 50.4 Å². The zero-order valence-corrected chi connectivity index (χ0v) is 28.1. The number of aromatic nitrogens is 1. The van der Waals surface area contributed by atoms with Gasteiger partial charge in [-0.1, -0.05) is 58.8 Å². The maximum atomic E-state index is 14.1. The fourth-order valence-electron chi connectivity index (χ4n) is 5.03. The molecule has 8 nitrogen and oxygen atoms in total. The summed E-state index contributed by atoms with van der Waals surface area (Å²) in [6, 6.07) is 13.9. The van der Waals surface area contributed by atoms with Gasteiger partial charge in [0.25, 0.3) is 5.56 Å². The minimum Gasteiger partial charge on any atom is -0.493 e. The molecule has 0 aliphatic carbocycles. The molecule has 0 N–H and O–H groups in total. The van der Waals surface area contributed by atoms with Gasteiger partial charge < -0.3 is 18.9 Å². The van der Waals surface area contributed by atoms with Gasteiger partial charge in [0.05, 0.1) is 51.7 Å². The molecule has 0 unspecified atom stereocenters. The van der Waals surface area contributed by atoms with E-state index in [0.717, 1.165) is 11.3 Å². The van der Waals surface area contributed by atoms with E-state index in [0.29, 0.717) is 43.2 Å². The van der Waals surface area contributed by atoms with Gasteiger partial charge >= 0.3 is 5.97 Å². The number of carbonyl (C=O) groups is 1. The number of allylic oxidation sites excluding steroid dienone is 1. The van der Waals surface area contributed by atoms with Gasteiger partial charge in [0.1, 0.15) is 12.4 Å². The number of halogens is 3. The highest BCUT2D eigenvalue weighted by Gasteiger charge is 2.34. The van der Waals surface area contributed by atoms with E-state index in [4.69, 9.17) is 42.1 Å². The Morgan fingerprint density at radius 3 is 2.48 bits per heavy atom. The van der Waals surface area contributed by atoms with Gasteiger partial charge in [-0.3, -0.25) is 9.36 Å². The number of rotatable bonds is 10. The fourth-order valence-corrected chi connectivity index (χ4v) is 6.69. The number of fused-ring (bicyclic) bond motifs is 1. The van der Waals surface area contributed by atoms with Crippen LogP contribution in [0.5, 0.6) is 17.2 Å². The molecular weight excluding hydrogens is 654 g/mol. The minimum atomic E-state index is -0.846. The first kappa shape index (κ1) is 33.2. The molecule has 46 heavy (non-hydrogen) atoms. The molecule has 0 saturated heterocycles. The van der Waals surface area contributed by atoms with E-state index in [1.165, 1.54) is 17.7 Å². The number of esters is 1. The highest BCUT2D eigenvalue weighted by Crippen LogP contribution is 2.37. The second-order valence-electron chi connectivity index (χ2n) is 10.6. The zero-order valence-electron chi connectivity index (χ0n) is 25.7. The van der Waals surface area contributed by atoms with Crippen molar-refractivity contribution in [3.8, 4) is 17.2 Å². The Morgan fingerprint density at radius 1 is 1.11 bits per heavy atom. The van der Waals surface area contributed by atoms with Gasteiger partial charge in [-0.25, -0.2) is 14.2 Å².